The molecular formula is C14H19N3O3. The van der Waals surface area contributed by atoms with Crippen molar-refractivity contribution in [1.82, 2.24) is 10.6 Å². The molecule has 1 aliphatic rings. The highest BCUT2D eigenvalue weighted by atomic mass is 16.5. The minimum atomic E-state index is -0.261. The Kier molecular flexibility index (Phi) is 4.70. The van der Waals surface area contributed by atoms with Crippen molar-refractivity contribution in [1.29, 1.82) is 0 Å². The number of anilines is 1. The van der Waals surface area contributed by atoms with Gasteiger partial charge < -0.3 is 20.7 Å². The van der Waals surface area contributed by atoms with Crippen molar-refractivity contribution >= 4 is 17.5 Å². The summed E-state index contributed by atoms with van der Waals surface area (Å²) in [6, 6.07) is 6.58. The van der Waals surface area contributed by atoms with Crippen LogP contribution >= 0.6 is 0 Å². The maximum atomic E-state index is 12.1. The summed E-state index contributed by atoms with van der Waals surface area (Å²) in [4.78, 5) is 23.6. The van der Waals surface area contributed by atoms with Crippen molar-refractivity contribution in [3.63, 3.8) is 0 Å². The first-order chi connectivity index (χ1) is 9.63. The Bertz CT molecular complexity index is 504. The van der Waals surface area contributed by atoms with Crippen LogP contribution in [0.2, 0.25) is 0 Å². The minimum Gasteiger partial charge on any atom is -0.380 e. The number of methoxy groups -OCH3 is 1. The molecule has 6 heteroatoms. The molecule has 2 unspecified atom stereocenters. The monoisotopic (exact) mass is 277 g/mol. The number of carbonyl (C=O) groups is 2. The van der Waals surface area contributed by atoms with Gasteiger partial charge in [-0.1, -0.05) is 6.07 Å². The molecule has 6 nitrogen and oxygen atoms in total. The minimum absolute atomic E-state index is 0.0722. The van der Waals surface area contributed by atoms with E-state index in [2.05, 4.69) is 16.0 Å². The second kappa shape index (κ2) is 6.49. The molecule has 2 atom stereocenters. The van der Waals surface area contributed by atoms with Gasteiger partial charge in [-0.15, -0.1) is 0 Å². The molecule has 1 aromatic rings. The molecule has 0 saturated carbocycles. The maximum Gasteiger partial charge on any atom is 0.251 e. The van der Waals surface area contributed by atoms with Crippen LogP contribution in [0.5, 0.6) is 0 Å². The lowest BCUT2D eigenvalue weighted by Gasteiger charge is -2.12. The highest BCUT2D eigenvalue weighted by Crippen LogP contribution is 2.14. The van der Waals surface area contributed by atoms with Crippen molar-refractivity contribution < 1.29 is 14.3 Å². The van der Waals surface area contributed by atoms with Crippen LogP contribution < -0.4 is 16.0 Å². The predicted octanol–water partition coefficient (Wildman–Crippen LogP) is 0.362. The summed E-state index contributed by atoms with van der Waals surface area (Å²) in [5.41, 5.74) is 1.12. The first-order valence-corrected chi connectivity index (χ1v) is 6.53. The highest BCUT2D eigenvalue weighted by molar-refractivity contribution is 5.98. The lowest BCUT2D eigenvalue weighted by Crippen LogP contribution is -2.35. The van der Waals surface area contributed by atoms with E-state index in [1.807, 2.05) is 0 Å². The van der Waals surface area contributed by atoms with Crippen LogP contribution in [0.4, 0.5) is 5.69 Å². The molecule has 0 aliphatic carbocycles. The predicted molar refractivity (Wildman–Crippen MR) is 75.7 cm³/mol. The molecule has 1 aromatic carbocycles. The summed E-state index contributed by atoms with van der Waals surface area (Å²) in [7, 11) is 3.21. The van der Waals surface area contributed by atoms with E-state index in [1.54, 1.807) is 38.4 Å². The Labute approximate surface area is 117 Å². The summed E-state index contributed by atoms with van der Waals surface area (Å²) < 4.78 is 5.21. The average Bonchev–Trinajstić information content (AvgIpc) is 2.95. The fourth-order valence-corrected chi connectivity index (χ4v) is 2.19. The third-order valence-electron chi connectivity index (χ3n) is 3.36. The standard InChI is InChI=1S/C14H19N3O3/c1-15-13(18)9-4-3-5-10(6-9)17-14(19)12-7-11(20-2)8-16-12/h3-6,11-12,16H,7-8H2,1-2H3,(H,15,18)(H,17,19). The summed E-state index contributed by atoms with van der Waals surface area (Å²) in [6.45, 7) is 0.673. The van der Waals surface area contributed by atoms with Gasteiger partial charge in [0.25, 0.3) is 5.91 Å². The Morgan fingerprint density at radius 2 is 2.20 bits per heavy atom. The molecule has 20 heavy (non-hydrogen) atoms. The number of carbonyl (C=O) groups excluding carboxylic acids is 2. The number of hydrogen-bond donors (Lipinski definition) is 3. The molecule has 3 N–H and O–H groups in total. The number of nitrogens with one attached hydrogen (secondary N) is 3. The summed E-state index contributed by atoms with van der Waals surface area (Å²) >= 11 is 0. The molecule has 0 bridgehead atoms. The number of rotatable bonds is 4. The molecule has 0 aromatic heterocycles. The molecular weight excluding hydrogens is 258 g/mol. The van der Waals surface area contributed by atoms with E-state index in [0.717, 1.165) is 0 Å². The van der Waals surface area contributed by atoms with Gasteiger partial charge in [0.1, 0.15) is 0 Å². The van der Waals surface area contributed by atoms with Gasteiger partial charge in [-0.3, -0.25) is 9.59 Å². The normalized spacial score (nSPS) is 21.5. The van der Waals surface area contributed by atoms with Crippen molar-refractivity contribution in [3.8, 4) is 0 Å². The van der Waals surface area contributed by atoms with E-state index in [-0.39, 0.29) is 24.0 Å². The zero-order valence-electron chi connectivity index (χ0n) is 11.6. The number of hydrogen-bond acceptors (Lipinski definition) is 4. The van der Waals surface area contributed by atoms with Gasteiger partial charge in [0.2, 0.25) is 5.91 Å². The molecule has 1 fully saturated rings. The van der Waals surface area contributed by atoms with Gasteiger partial charge in [-0.2, -0.15) is 0 Å². The molecule has 2 amide bonds. The molecule has 0 radical (unpaired) electrons. The smallest absolute Gasteiger partial charge is 0.251 e. The number of ether oxygens (including phenoxy) is 1. The maximum absolute atomic E-state index is 12.1. The van der Waals surface area contributed by atoms with E-state index in [9.17, 15) is 9.59 Å². The lowest BCUT2D eigenvalue weighted by atomic mass is 10.1. The largest absolute Gasteiger partial charge is 0.380 e. The van der Waals surface area contributed by atoms with Crippen LogP contribution in [0.15, 0.2) is 24.3 Å². The Morgan fingerprint density at radius 1 is 1.40 bits per heavy atom. The van der Waals surface area contributed by atoms with E-state index >= 15 is 0 Å². The summed E-state index contributed by atoms with van der Waals surface area (Å²) in [6.07, 6.45) is 0.722. The molecule has 108 valence electrons. The quantitative estimate of drug-likeness (QED) is 0.742. The molecule has 1 aliphatic heterocycles. The zero-order valence-corrected chi connectivity index (χ0v) is 11.6. The van der Waals surface area contributed by atoms with Crippen LogP contribution in [0.1, 0.15) is 16.8 Å². The first-order valence-electron chi connectivity index (χ1n) is 6.53. The van der Waals surface area contributed by atoms with Gasteiger partial charge in [0.05, 0.1) is 12.1 Å². The van der Waals surface area contributed by atoms with Gasteiger partial charge >= 0.3 is 0 Å². The van der Waals surface area contributed by atoms with Gasteiger partial charge in [0.15, 0.2) is 0 Å². The van der Waals surface area contributed by atoms with Crippen molar-refractivity contribution in [2.24, 2.45) is 0 Å². The van der Waals surface area contributed by atoms with E-state index in [1.165, 1.54) is 0 Å². The number of amides is 2. The topological polar surface area (TPSA) is 79.5 Å². The Balaban J connectivity index is 1.99. The fourth-order valence-electron chi connectivity index (χ4n) is 2.19. The molecule has 0 spiro atoms. The fraction of sp³-hybridized carbons (Fsp3) is 0.429. The van der Waals surface area contributed by atoms with E-state index < -0.39 is 0 Å². The average molecular weight is 277 g/mol. The summed E-state index contributed by atoms with van der Waals surface area (Å²) in [5.74, 6) is -0.293. The molecule has 1 saturated heterocycles. The van der Waals surface area contributed by atoms with Crippen molar-refractivity contribution in [2.75, 3.05) is 26.0 Å². The SMILES string of the molecule is CNC(=O)c1cccc(NC(=O)C2CC(OC)CN2)c1. The summed E-state index contributed by atoms with van der Waals surface area (Å²) in [5, 5.41) is 8.47. The zero-order chi connectivity index (χ0) is 14.5. The highest BCUT2D eigenvalue weighted by Gasteiger charge is 2.29. The third kappa shape index (κ3) is 3.34. The van der Waals surface area contributed by atoms with E-state index in [0.29, 0.717) is 24.2 Å². The molecule has 2 rings (SSSR count). The van der Waals surface area contributed by atoms with Crippen LogP contribution in [-0.4, -0.2) is 44.7 Å². The molecule has 1 heterocycles. The number of benzene rings is 1. The first kappa shape index (κ1) is 14.5. The van der Waals surface area contributed by atoms with Crippen LogP contribution in [0.25, 0.3) is 0 Å². The van der Waals surface area contributed by atoms with Crippen LogP contribution in [0, 0.1) is 0 Å². The Morgan fingerprint density at radius 3 is 2.85 bits per heavy atom. The van der Waals surface area contributed by atoms with Crippen LogP contribution in [0.3, 0.4) is 0 Å². The van der Waals surface area contributed by atoms with Gasteiger partial charge in [-0.25, -0.2) is 0 Å². The lowest BCUT2D eigenvalue weighted by molar-refractivity contribution is -0.118. The Hall–Kier alpha value is -1.92. The van der Waals surface area contributed by atoms with Crippen molar-refractivity contribution in [3.05, 3.63) is 29.8 Å². The second-order valence-electron chi connectivity index (χ2n) is 4.70. The van der Waals surface area contributed by atoms with E-state index in [4.69, 9.17) is 4.74 Å². The van der Waals surface area contributed by atoms with Gasteiger partial charge in [0, 0.05) is 32.0 Å². The third-order valence-corrected chi connectivity index (χ3v) is 3.36. The van der Waals surface area contributed by atoms with Crippen LogP contribution in [-0.2, 0) is 9.53 Å². The van der Waals surface area contributed by atoms with Gasteiger partial charge in [-0.05, 0) is 24.6 Å². The van der Waals surface area contributed by atoms with Crippen molar-refractivity contribution in [2.45, 2.75) is 18.6 Å². The second-order valence-corrected chi connectivity index (χ2v) is 4.70.